The summed E-state index contributed by atoms with van der Waals surface area (Å²) >= 11 is 1.73. The zero-order chi connectivity index (χ0) is 23.5. The molecule has 0 unspecified atom stereocenters. The highest BCUT2D eigenvalue weighted by Gasteiger charge is 2.34. The largest absolute Gasteiger partial charge is 0.508 e. The highest BCUT2D eigenvalue weighted by atomic mass is 32.2. The van der Waals surface area contributed by atoms with Crippen molar-refractivity contribution in [2.24, 2.45) is 5.92 Å². The smallest absolute Gasteiger partial charge is 0.340 e. The highest BCUT2D eigenvalue weighted by Crippen LogP contribution is 2.45. The van der Waals surface area contributed by atoms with Gasteiger partial charge in [-0.25, -0.2) is 4.79 Å². The summed E-state index contributed by atoms with van der Waals surface area (Å²) in [5.74, 6) is 1.11. The molecule has 0 spiro atoms. The Hall–Kier alpha value is -2.44. The summed E-state index contributed by atoms with van der Waals surface area (Å²) in [5.41, 5.74) is 3.45. The van der Waals surface area contributed by atoms with Crippen LogP contribution in [-0.2, 0) is 17.0 Å². The van der Waals surface area contributed by atoms with E-state index in [9.17, 15) is 9.90 Å². The first-order valence-electron chi connectivity index (χ1n) is 11.8. The van der Waals surface area contributed by atoms with E-state index in [1.165, 1.54) is 4.90 Å². The maximum absolute atomic E-state index is 13.3. The van der Waals surface area contributed by atoms with Crippen molar-refractivity contribution in [1.82, 2.24) is 9.47 Å². The normalized spacial score (nSPS) is 13.9. The molecule has 4 rings (SSSR count). The molecule has 33 heavy (non-hydrogen) atoms. The summed E-state index contributed by atoms with van der Waals surface area (Å²) in [5, 5.41) is 11.7. The Balaban J connectivity index is 1.87. The predicted octanol–water partition coefficient (Wildman–Crippen LogP) is 6.24. The summed E-state index contributed by atoms with van der Waals surface area (Å²) in [6.45, 7) is 8.01. The van der Waals surface area contributed by atoms with E-state index in [0.717, 1.165) is 41.5 Å². The van der Waals surface area contributed by atoms with Gasteiger partial charge in [0.15, 0.2) is 0 Å². The van der Waals surface area contributed by atoms with E-state index >= 15 is 0 Å². The van der Waals surface area contributed by atoms with Crippen molar-refractivity contribution in [2.75, 3.05) is 20.2 Å². The molecule has 1 aliphatic rings. The molecule has 0 aliphatic heterocycles. The second-order valence-electron chi connectivity index (χ2n) is 9.29. The SMILES string of the molecule is CCOC(=O)c1c(CSc2ccccc2)n(C2CC2)c2ccc(O)c(CN(C)CC(C)C)c12. The molecular weight excluding hydrogens is 432 g/mol. The minimum atomic E-state index is -0.302. The van der Waals surface area contributed by atoms with Gasteiger partial charge in [0.2, 0.25) is 0 Å². The number of aromatic nitrogens is 1. The number of hydrogen-bond acceptors (Lipinski definition) is 5. The number of carbonyl (C=O) groups is 1. The number of hydrogen-bond donors (Lipinski definition) is 1. The van der Waals surface area contributed by atoms with Gasteiger partial charge in [-0.15, -0.1) is 11.8 Å². The number of phenols is 1. The van der Waals surface area contributed by atoms with Crippen molar-refractivity contribution in [3.63, 3.8) is 0 Å². The van der Waals surface area contributed by atoms with E-state index in [-0.39, 0.29) is 11.7 Å². The van der Waals surface area contributed by atoms with Crippen molar-refractivity contribution in [1.29, 1.82) is 0 Å². The molecule has 1 N–H and O–H groups in total. The first kappa shape index (κ1) is 23.7. The van der Waals surface area contributed by atoms with Crippen LogP contribution in [0.4, 0.5) is 0 Å². The number of rotatable bonds is 10. The summed E-state index contributed by atoms with van der Waals surface area (Å²) in [6, 6.07) is 14.4. The molecule has 6 heteroatoms. The summed E-state index contributed by atoms with van der Waals surface area (Å²) in [7, 11) is 2.06. The Morgan fingerprint density at radius 1 is 1.21 bits per heavy atom. The monoisotopic (exact) mass is 466 g/mol. The van der Waals surface area contributed by atoms with Crippen molar-refractivity contribution < 1.29 is 14.6 Å². The Morgan fingerprint density at radius 2 is 1.94 bits per heavy atom. The lowest BCUT2D eigenvalue weighted by Crippen LogP contribution is -2.23. The number of fused-ring (bicyclic) bond motifs is 1. The quantitative estimate of drug-likeness (QED) is 0.283. The fourth-order valence-electron chi connectivity index (χ4n) is 4.62. The Labute approximate surface area is 200 Å². The van der Waals surface area contributed by atoms with Crippen LogP contribution in [0.2, 0.25) is 0 Å². The van der Waals surface area contributed by atoms with E-state index in [1.807, 2.05) is 31.2 Å². The summed E-state index contributed by atoms with van der Waals surface area (Å²) < 4.78 is 7.89. The van der Waals surface area contributed by atoms with Crippen LogP contribution >= 0.6 is 11.8 Å². The van der Waals surface area contributed by atoms with Crippen LogP contribution in [0.5, 0.6) is 5.75 Å². The molecule has 1 saturated carbocycles. The fourth-order valence-corrected chi connectivity index (χ4v) is 5.55. The molecule has 1 aromatic heterocycles. The van der Waals surface area contributed by atoms with Crippen LogP contribution in [0, 0.1) is 5.92 Å². The van der Waals surface area contributed by atoms with Crippen molar-refractivity contribution in [2.45, 2.75) is 56.8 Å². The third-order valence-corrected chi connectivity index (χ3v) is 6.99. The van der Waals surface area contributed by atoms with Gasteiger partial charge in [0.25, 0.3) is 0 Å². The summed E-state index contributed by atoms with van der Waals surface area (Å²) in [4.78, 5) is 16.7. The van der Waals surface area contributed by atoms with Gasteiger partial charge in [-0.05, 0) is 57.0 Å². The Bertz CT molecular complexity index is 1120. The van der Waals surface area contributed by atoms with E-state index in [2.05, 4.69) is 42.5 Å². The van der Waals surface area contributed by atoms with Crippen LogP contribution in [0.15, 0.2) is 47.4 Å². The van der Waals surface area contributed by atoms with Crippen LogP contribution in [0.1, 0.15) is 61.3 Å². The van der Waals surface area contributed by atoms with Gasteiger partial charge in [0.1, 0.15) is 5.75 Å². The molecule has 0 radical (unpaired) electrons. The molecule has 1 fully saturated rings. The fraction of sp³-hybridized carbons (Fsp3) is 0.444. The highest BCUT2D eigenvalue weighted by molar-refractivity contribution is 7.98. The molecule has 5 nitrogen and oxygen atoms in total. The lowest BCUT2D eigenvalue weighted by Gasteiger charge is -2.20. The molecular formula is C27H34N2O3S. The number of aromatic hydroxyl groups is 1. The van der Waals surface area contributed by atoms with Gasteiger partial charge in [-0.1, -0.05) is 32.0 Å². The van der Waals surface area contributed by atoms with Crippen LogP contribution in [0.25, 0.3) is 10.9 Å². The van der Waals surface area contributed by atoms with Crippen LogP contribution in [-0.4, -0.2) is 40.7 Å². The van der Waals surface area contributed by atoms with E-state index in [1.54, 1.807) is 17.8 Å². The van der Waals surface area contributed by atoms with E-state index < -0.39 is 0 Å². The zero-order valence-corrected chi connectivity index (χ0v) is 20.8. The standard InChI is InChI=1S/C27H34N2O3S/c1-5-32-27(31)26-23(17-33-20-9-7-6-8-10-20)29(19-11-12-19)22-13-14-24(30)21(25(22)26)16-28(4)15-18(2)3/h6-10,13-14,18-19,30H,5,11-12,15-17H2,1-4H3. The lowest BCUT2D eigenvalue weighted by atomic mass is 10.0. The van der Waals surface area contributed by atoms with Crippen LogP contribution in [0.3, 0.4) is 0 Å². The van der Waals surface area contributed by atoms with Gasteiger partial charge in [-0.2, -0.15) is 0 Å². The molecule has 0 amide bonds. The average molecular weight is 467 g/mol. The molecule has 2 aromatic carbocycles. The Morgan fingerprint density at radius 3 is 2.58 bits per heavy atom. The zero-order valence-electron chi connectivity index (χ0n) is 20.0. The first-order chi connectivity index (χ1) is 15.9. The number of esters is 1. The van der Waals surface area contributed by atoms with Gasteiger partial charge in [0.05, 0.1) is 12.2 Å². The van der Waals surface area contributed by atoms with Crippen molar-refractivity contribution in [3.05, 3.63) is 59.3 Å². The molecule has 3 aromatic rings. The summed E-state index contributed by atoms with van der Waals surface area (Å²) in [6.07, 6.45) is 2.22. The number of nitrogens with zero attached hydrogens (tertiary/aromatic N) is 2. The second-order valence-corrected chi connectivity index (χ2v) is 10.3. The van der Waals surface area contributed by atoms with Crippen molar-refractivity contribution >= 4 is 28.6 Å². The molecule has 1 aliphatic carbocycles. The maximum Gasteiger partial charge on any atom is 0.340 e. The van der Waals surface area contributed by atoms with Gasteiger partial charge in [0, 0.05) is 51.9 Å². The van der Waals surface area contributed by atoms with Crippen molar-refractivity contribution in [3.8, 4) is 5.75 Å². The first-order valence-corrected chi connectivity index (χ1v) is 12.8. The van der Waals surface area contributed by atoms with Gasteiger partial charge < -0.3 is 19.3 Å². The second kappa shape index (κ2) is 10.2. The number of phenolic OH excluding ortho intramolecular Hbond substituents is 1. The Kier molecular flexibility index (Phi) is 7.35. The van der Waals surface area contributed by atoms with Crippen LogP contribution < -0.4 is 0 Å². The number of benzene rings is 2. The maximum atomic E-state index is 13.3. The molecule has 0 atom stereocenters. The molecule has 0 saturated heterocycles. The average Bonchev–Trinajstić information content (AvgIpc) is 3.55. The number of ether oxygens (including phenoxy) is 1. The topological polar surface area (TPSA) is 54.7 Å². The van der Waals surface area contributed by atoms with Gasteiger partial charge in [-0.3, -0.25) is 0 Å². The minimum absolute atomic E-state index is 0.235. The predicted molar refractivity (Wildman–Crippen MR) is 135 cm³/mol. The lowest BCUT2D eigenvalue weighted by molar-refractivity contribution is 0.0527. The number of thioether (sulfide) groups is 1. The molecule has 176 valence electrons. The minimum Gasteiger partial charge on any atom is -0.508 e. The third kappa shape index (κ3) is 5.22. The molecule has 1 heterocycles. The third-order valence-electron chi connectivity index (χ3n) is 5.97. The number of carbonyl (C=O) groups excluding carboxylic acids is 1. The van der Waals surface area contributed by atoms with E-state index in [0.29, 0.717) is 36.4 Å². The van der Waals surface area contributed by atoms with E-state index in [4.69, 9.17) is 4.74 Å². The molecule has 0 bridgehead atoms. The van der Waals surface area contributed by atoms with Gasteiger partial charge >= 0.3 is 5.97 Å².